The third-order valence-corrected chi connectivity index (χ3v) is 3.97. The Bertz CT molecular complexity index is 646. The fourth-order valence-corrected chi connectivity index (χ4v) is 2.75. The minimum Gasteiger partial charge on any atom is -0.410 e. The number of carbonyl (C=O) groups excluding carboxylic acids is 1. The number of nitrogens with zero attached hydrogens (tertiary/aromatic N) is 1. The molecule has 4 nitrogen and oxygen atoms in total. The van der Waals surface area contributed by atoms with Crippen molar-refractivity contribution < 1.29 is 13.9 Å². The summed E-state index contributed by atoms with van der Waals surface area (Å²) in [7, 11) is 0. The van der Waals surface area contributed by atoms with Crippen LogP contribution < -0.4 is 15.0 Å². The Morgan fingerprint density at radius 3 is 2.65 bits per heavy atom. The van der Waals surface area contributed by atoms with Crippen molar-refractivity contribution in [1.29, 1.82) is 0 Å². The van der Waals surface area contributed by atoms with Crippen LogP contribution >= 0.6 is 0 Å². The number of rotatable bonds is 4. The second-order valence-corrected chi connectivity index (χ2v) is 5.66. The third-order valence-electron chi connectivity index (χ3n) is 3.97. The van der Waals surface area contributed by atoms with Crippen molar-refractivity contribution >= 4 is 11.8 Å². The van der Waals surface area contributed by atoms with E-state index in [9.17, 15) is 9.18 Å². The zero-order chi connectivity index (χ0) is 16.1. The van der Waals surface area contributed by atoms with E-state index in [2.05, 4.69) is 10.2 Å². The maximum atomic E-state index is 13.0. The Hall–Kier alpha value is -2.56. The van der Waals surface area contributed by atoms with Gasteiger partial charge in [0.2, 0.25) is 0 Å². The van der Waals surface area contributed by atoms with E-state index < -0.39 is 6.09 Å². The SMILES string of the molecule is O=C(NCC1CCN(c2ccc(F)cc2)C1)Oc1ccccc1. The van der Waals surface area contributed by atoms with Gasteiger partial charge in [-0.2, -0.15) is 0 Å². The summed E-state index contributed by atoms with van der Waals surface area (Å²) in [6.07, 6.45) is 0.555. The topological polar surface area (TPSA) is 41.6 Å². The van der Waals surface area contributed by atoms with Crippen molar-refractivity contribution in [2.45, 2.75) is 6.42 Å². The number of benzene rings is 2. The average Bonchev–Trinajstić information content (AvgIpc) is 3.04. The molecule has 1 unspecified atom stereocenters. The standard InChI is InChI=1S/C18H19FN2O2/c19-15-6-8-16(9-7-15)21-11-10-14(13-21)12-20-18(22)23-17-4-2-1-3-5-17/h1-9,14H,10-13H2,(H,20,22). The normalized spacial score (nSPS) is 17.1. The molecule has 1 N–H and O–H groups in total. The van der Waals surface area contributed by atoms with E-state index in [0.717, 1.165) is 25.2 Å². The summed E-state index contributed by atoms with van der Waals surface area (Å²) in [6, 6.07) is 15.5. The Balaban J connectivity index is 1.45. The van der Waals surface area contributed by atoms with Crippen molar-refractivity contribution in [2.75, 3.05) is 24.5 Å². The van der Waals surface area contributed by atoms with Gasteiger partial charge in [-0.1, -0.05) is 18.2 Å². The van der Waals surface area contributed by atoms with Crippen LogP contribution in [0.15, 0.2) is 54.6 Å². The van der Waals surface area contributed by atoms with Crippen LogP contribution in [0.2, 0.25) is 0 Å². The fraction of sp³-hybridized carbons (Fsp3) is 0.278. The summed E-state index contributed by atoms with van der Waals surface area (Å²) < 4.78 is 18.2. The quantitative estimate of drug-likeness (QED) is 0.940. The molecule has 2 aromatic carbocycles. The zero-order valence-electron chi connectivity index (χ0n) is 12.7. The van der Waals surface area contributed by atoms with Gasteiger partial charge in [0.25, 0.3) is 0 Å². The van der Waals surface area contributed by atoms with Gasteiger partial charge in [0.15, 0.2) is 0 Å². The van der Waals surface area contributed by atoms with Crippen LogP contribution in [-0.2, 0) is 0 Å². The zero-order valence-corrected chi connectivity index (χ0v) is 12.7. The molecule has 23 heavy (non-hydrogen) atoms. The van der Waals surface area contributed by atoms with E-state index in [-0.39, 0.29) is 5.82 Å². The van der Waals surface area contributed by atoms with E-state index in [1.165, 1.54) is 12.1 Å². The summed E-state index contributed by atoms with van der Waals surface area (Å²) >= 11 is 0. The number of anilines is 1. The van der Waals surface area contributed by atoms with Crippen LogP contribution in [0.1, 0.15) is 6.42 Å². The minimum atomic E-state index is -0.434. The van der Waals surface area contributed by atoms with E-state index in [4.69, 9.17) is 4.74 Å². The lowest BCUT2D eigenvalue weighted by molar-refractivity contribution is 0.199. The number of carbonyl (C=O) groups is 1. The van der Waals surface area contributed by atoms with Gasteiger partial charge < -0.3 is 15.0 Å². The van der Waals surface area contributed by atoms with Gasteiger partial charge in [0, 0.05) is 25.3 Å². The lowest BCUT2D eigenvalue weighted by Crippen LogP contribution is -2.33. The van der Waals surface area contributed by atoms with E-state index in [0.29, 0.717) is 18.2 Å². The molecule has 0 bridgehead atoms. The van der Waals surface area contributed by atoms with Gasteiger partial charge in [-0.15, -0.1) is 0 Å². The predicted molar refractivity (Wildman–Crippen MR) is 87.2 cm³/mol. The largest absolute Gasteiger partial charge is 0.412 e. The molecule has 2 aromatic rings. The molecule has 5 heteroatoms. The van der Waals surface area contributed by atoms with Gasteiger partial charge in [-0.25, -0.2) is 9.18 Å². The smallest absolute Gasteiger partial charge is 0.410 e. The third kappa shape index (κ3) is 4.22. The lowest BCUT2D eigenvalue weighted by atomic mass is 10.1. The second kappa shape index (κ2) is 7.13. The van der Waals surface area contributed by atoms with Crippen LogP contribution in [0.25, 0.3) is 0 Å². The summed E-state index contributed by atoms with van der Waals surface area (Å²) in [6.45, 7) is 2.33. The van der Waals surface area contributed by atoms with Gasteiger partial charge in [-0.05, 0) is 48.7 Å². The van der Waals surface area contributed by atoms with E-state index in [1.54, 1.807) is 24.3 Å². The Labute approximate surface area is 134 Å². The van der Waals surface area contributed by atoms with Crippen molar-refractivity contribution in [1.82, 2.24) is 5.32 Å². The first kappa shape index (κ1) is 15.3. The first-order chi connectivity index (χ1) is 11.2. The second-order valence-electron chi connectivity index (χ2n) is 5.66. The van der Waals surface area contributed by atoms with Crippen LogP contribution in [0.5, 0.6) is 5.75 Å². The summed E-state index contributed by atoms with van der Waals surface area (Å²) in [5.74, 6) is 0.669. The van der Waals surface area contributed by atoms with Crippen LogP contribution in [0.4, 0.5) is 14.9 Å². The van der Waals surface area contributed by atoms with Crippen LogP contribution in [0, 0.1) is 11.7 Å². The minimum absolute atomic E-state index is 0.227. The molecule has 0 spiro atoms. The molecule has 0 radical (unpaired) electrons. The highest BCUT2D eigenvalue weighted by molar-refractivity contribution is 5.70. The van der Waals surface area contributed by atoms with Crippen molar-refractivity contribution in [3.8, 4) is 5.75 Å². The molecule has 1 heterocycles. The number of nitrogens with one attached hydrogen (secondary N) is 1. The Morgan fingerprint density at radius 1 is 1.17 bits per heavy atom. The number of hydrogen-bond acceptors (Lipinski definition) is 3. The van der Waals surface area contributed by atoms with Gasteiger partial charge in [0.1, 0.15) is 11.6 Å². The molecule has 120 valence electrons. The molecule has 0 aliphatic carbocycles. The van der Waals surface area contributed by atoms with Gasteiger partial charge in [0.05, 0.1) is 0 Å². The maximum absolute atomic E-state index is 13.0. The molecule has 1 aliphatic heterocycles. The molecule has 1 saturated heterocycles. The Morgan fingerprint density at radius 2 is 1.91 bits per heavy atom. The van der Waals surface area contributed by atoms with E-state index in [1.807, 2.05) is 18.2 Å². The van der Waals surface area contributed by atoms with Gasteiger partial charge >= 0.3 is 6.09 Å². The molecule has 1 amide bonds. The highest BCUT2D eigenvalue weighted by Gasteiger charge is 2.23. The number of para-hydroxylation sites is 1. The number of ether oxygens (including phenoxy) is 1. The molecular formula is C18H19FN2O2. The molecule has 0 aromatic heterocycles. The summed E-state index contributed by atoms with van der Waals surface area (Å²) in [5, 5.41) is 2.81. The van der Waals surface area contributed by atoms with Crippen LogP contribution in [-0.4, -0.2) is 25.7 Å². The van der Waals surface area contributed by atoms with Crippen LogP contribution in [0.3, 0.4) is 0 Å². The first-order valence-electron chi connectivity index (χ1n) is 7.72. The lowest BCUT2D eigenvalue weighted by Gasteiger charge is -2.18. The molecule has 1 atom stereocenters. The number of amides is 1. The highest BCUT2D eigenvalue weighted by Crippen LogP contribution is 2.23. The van der Waals surface area contributed by atoms with Gasteiger partial charge in [-0.3, -0.25) is 0 Å². The first-order valence-corrected chi connectivity index (χ1v) is 7.72. The highest BCUT2D eigenvalue weighted by atomic mass is 19.1. The van der Waals surface area contributed by atoms with Crippen molar-refractivity contribution in [3.63, 3.8) is 0 Å². The van der Waals surface area contributed by atoms with E-state index >= 15 is 0 Å². The molecule has 1 aliphatic rings. The molecular weight excluding hydrogens is 295 g/mol. The monoisotopic (exact) mass is 314 g/mol. The van der Waals surface area contributed by atoms with Crippen molar-refractivity contribution in [3.05, 3.63) is 60.4 Å². The molecule has 0 saturated carbocycles. The number of hydrogen-bond donors (Lipinski definition) is 1. The van der Waals surface area contributed by atoms with Crippen molar-refractivity contribution in [2.24, 2.45) is 5.92 Å². The summed E-state index contributed by atoms with van der Waals surface area (Å²) in [4.78, 5) is 14.0. The summed E-state index contributed by atoms with van der Waals surface area (Å²) in [5.41, 5.74) is 1.01. The average molecular weight is 314 g/mol. The fourth-order valence-electron chi connectivity index (χ4n) is 2.75. The number of halogens is 1. The Kier molecular flexibility index (Phi) is 4.76. The maximum Gasteiger partial charge on any atom is 0.412 e. The molecule has 1 fully saturated rings. The predicted octanol–water partition coefficient (Wildman–Crippen LogP) is 3.44. The molecule has 3 rings (SSSR count).